The molecule has 3 heterocycles. The highest BCUT2D eigenvalue weighted by Crippen LogP contribution is 2.47. The fourth-order valence-electron chi connectivity index (χ4n) is 6.77. The fraction of sp³-hybridized carbons (Fsp3) is 0.559. The van der Waals surface area contributed by atoms with Crippen molar-refractivity contribution in [2.75, 3.05) is 20.3 Å². The van der Waals surface area contributed by atoms with E-state index in [2.05, 4.69) is 20.3 Å². The summed E-state index contributed by atoms with van der Waals surface area (Å²) in [7, 11) is -2.48. The van der Waals surface area contributed by atoms with E-state index < -0.39 is 74.3 Å². The first-order chi connectivity index (χ1) is 23.8. The lowest BCUT2D eigenvalue weighted by atomic mass is 10.1. The van der Waals surface area contributed by atoms with Crippen LogP contribution in [0, 0.1) is 5.92 Å². The molecule has 4 aliphatic rings. The van der Waals surface area contributed by atoms with Crippen LogP contribution in [0.2, 0.25) is 0 Å². The number of aromatic nitrogens is 1. The van der Waals surface area contributed by atoms with Crippen LogP contribution in [0.25, 0.3) is 10.8 Å². The number of allylic oxidation sites excluding steroid dienone is 1. The second-order valence-electron chi connectivity index (χ2n) is 13.6. The number of nitrogens with zero attached hydrogens (tertiary/aromatic N) is 2. The lowest BCUT2D eigenvalue weighted by Crippen LogP contribution is -2.60. The van der Waals surface area contributed by atoms with Crippen molar-refractivity contribution in [1.29, 1.82) is 0 Å². The molecule has 270 valence electrons. The second kappa shape index (κ2) is 13.7. The van der Waals surface area contributed by atoms with Crippen LogP contribution in [0.4, 0.5) is 4.79 Å². The van der Waals surface area contributed by atoms with E-state index in [1.807, 2.05) is 30.3 Å². The second-order valence-corrected chi connectivity index (χ2v) is 15.8. The van der Waals surface area contributed by atoms with E-state index in [-0.39, 0.29) is 31.9 Å². The summed E-state index contributed by atoms with van der Waals surface area (Å²) in [5, 5.41) is 16.2. The zero-order chi connectivity index (χ0) is 35.8. The minimum absolute atomic E-state index is 0.0222. The SMILES string of the molecule is CC[C@@H]1OCCC/C=C\[C@@H]2C[C@@]2(C(=O)NS(=O)(=O)C2(C)CC2)NC(=O)[C@@H]2C[C@@H](Oc3ncc(OC)c4ccccc34)CN2C(=O)[C@H]1NC(=O)O. The molecule has 2 aliphatic carbocycles. The van der Waals surface area contributed by atoms with E-state index in [1.54, 1.807) is 19.9 Å². The molecule has 0 spiro atoms. The van der Waals surface area contributed by atoms with Crippen LogP contribution in [0.15, 0.2) is 42.6 Å². The Labute approximate surface area is 290 Å². The number of rotatable bonds is 8. The fourth-order valence-corrected chi connectivity index (χ4v) is 8.08. The Morgan fingerprint density at radius 2 is 1.94 bits per heavy atom. The third-order valence-electron chi connectivity index (χ3n) is 10.2. The molecule has 6 atom stereocenters. The van der Waals surface area contributed by atoms with Crippen LogP contribution >= 0.6 is 0 Å². The average Bonchev–Trinajstić information content (AvgIpc) is 3.96. The van der Waals surface area contributed by atoms with Crippen molar-refractivity contribution in [2.24, 2.45) is 5.92 Å². The van der Waals surface area contributed by atoms with Crippen molar-refractivity contribution in [2.45, 2.75) is 93.4 Å². The molecule has 2 aromatic rings. The number of methoxy groups -OCH3 is 1. The molecule has 0 bridgehead atoms. The van der Waals surface area contributed by atoms with E-state index >= 15 is 0 Å². The third kappa shape index (κ3) is 6.82. The molecule has 6 rings (SSSR count). The lowest BCUT2D eigenvalue weighted by molar-refractivity contribution is -0.144. The number of pyridine rings is 1. The average molecular weight is 714 g/mol. The highest BCUT2D eigenvalue weighted by molar-refractivity contribution is 7.91. The van der Waals surface area contributed by atoms with Gasteiger partial charge in [-0.15, -0.1) is 0 Å². The molecule has 1 aromatic heterocycles. The minimum atomic E-state index is -4.01. The van der Waals surface area contributed by atoms with Crippen molar-refractivity contribution >= 4 is 44.6 Å². The van der Waals surface area contributed by atoms with Crippen LogP contribution in [0.3, 0.4) is 0 Å². The van der Waals surface area contributed by atoms with Crippen LogP contribution < -0.4 is 24.8 Å². The summed E-state index contributed by atoms with van der Waals surface area (Å²) < 4.78 is 45.1. The zero-order valence-corrected chi connectivity index (χ0v) is 29.0. The monoisotopic (exact) mass is 713 g/mol. The van der Waals surface area contributed by atoms with Crippen LogP contribution in [-0.2, 0) is 29.1 Å². The van der Waals surface area contributed by atoms with Gasteiger partial charge in [-0.25, -0.2) is 18.2 Å². The summed E-state index contributed by atoms with van der Waals surface area (Å²) in [5.74, 6) is -1.94. The maximum Gasteiger partial charge on any atom is 0.405 e. The van der Waals surface area contributed by atoms with Gasteiger partial charge in [0.1, 0.15) is 29.5 Å². The summed E-state index contributed by atoms with van der Waals surface area (Å²) in [6.45, 7) is 3.46. The molecule has 16 heteroatoms. The molecule has 1 aromatic carbocycles. The van der Waals surface area contributed by atoms with Gasteiger partial charge in [-0.3, -0.25) is 19.1 Å². The van der Waals surface area contributed by atoms with Crippen molar-refractivity contribution in [3.63, 3.8) is 0 Å². The number of sulfonamides is 1. The minimum Gasteiger partial charge on any atom is -0.494 e. The highest BCUT2D eigenvalue weighted by atomic mass is 32.2. The van der Waals surface area contributed by atoms with E-state index in [9.17, 15) is 32.7 Å². The standard InChI is InChI=1S/C34H43N5O10S/c1-4-25-27(36-32(43)44)30(41)39-19-21(49-29-23-12-8-7-11-22(23)26(47-3)18-35-29)16-24(39)28(40)37-34(17-20(34)10-6-5-9-15-48-25)31(42)38-50(45,46)33(2)13-14-33/h6-8,10-12,18,20-21,24-25,27,36H,4-5,9,13-17,19H2,1-3H3,(H,37,40)(H,38,42)(H,43,44)/b10-6-/t20-,21-,24+,25+,27+,34-/m1/s1. The Morgan fingerprint density at radius 3 is 2.62 bits per heavy atom. The Hall–Kier alpha value is -4.44. The van der Waals surface area contributed by atoms with Crippen molar-refractivity contribution in [1.82, 2.24) is 25.2 Å². The van der Waals surface area contributed by atoms with Crippen molar-refractivity contribution < 1.29 is 46.9 Å². The van der Waals surface area contributed by atoms with E-state index in [0.717, 1.165) is 5.39 Å². The number of carbonyl (C=O) groups excluding carboxylic acids is 3. The largest absolute Gasteiger partial charge is 0.494 e. The maximum atomic E-state index is 14.3. The first-order valence-corrected chi connectivity index (χ1v) is 18.4. The number of ether oxygens (including phenoxy) is 3. The first-order valence-electron chi connectivity index (χ1n) is 16.9. The Morgan fingerprint density at radius 1 is 1.20 bits per heavy atom. The Balaban J connectivity index is 1.34. The summed E-state index contributed by atoms with van der Waals surface area (Å²) in [6, 6.07) is 4.76. The summed E-state index contributed by atoms with van der Waals surface area (Å²) in [6.07, 6.45) is 4.49. The van der Waals surface area contributed by atoms with Gasteiger partial charge < -0.3 is 34.9 Å². The summed E-state index contributed by atoms with van der Waals surface area (Å²) in [4.78, 5) is 59.9. The van der Waals surface area contributed by atoms with Gasteiger partial charge in [0.05, 0.1) is 30.7 Å². The number of amides is 4. The number of hydrogen-bond donors (Lipinski definition) is 4. The van der Waals surface area contributed by atoms with Gasteiger partial charge in [0.2, 0.25) is 27.7 Å². The van der Waals surface area contributed by atoms with Gasteiger partial charge in [-0.05, 0) is 51.5 Å². The normalized spacial score (nSPS) is 30.1. The Bertz CT molecular complexity index is 1810. The molecular formula is C34H43N5O10S. The molecule has 3 fully saturated rings. The van der Waals surface area contributed by atoms with Crippen molar-refractivity contribution in [3.8, 4) is 11.6 Å². The van der Waals surface area contributed by atoms with E-state index in [0.29, 0.717) is 43.2 Å². The molecule has 1 saturated heterocycles. The zero-order valence-electron chi connectivity index (χ0n) is 28.2. The molecule has 50 heavy (non-hydrogen) atoms. The predicted octanol–water partition coefficient (Wildman–Crippen LogP) is 2.25. The van der Waals surface area contributed by atoms with Gasteiger partial charge in [0.25, 0.3) is 5.91 Å². The van der Waals surface area contributed by atoms with Crippen LogP contribution in [-0.4, -0.2) is 102 Å². The summed E-state index contributed by atoms with van der Waals surface area (Å²) >= 11 is 0. The Kier molecular flexibility index (Phi) is 9.70. The molecular weight excluding hydrogens is 670 g/mol. The first kappa shape index (κ1) is 35.4. The highest BCUT2D eigenvalue weighted by Gasteiger charge is 2.63. The summed E-state index contributed by atoms with van der Waals surface area (Å²) in [5.41, 5.74) is -1.56. The van der Waals surface area contributed by atoms with Gasteiger partial charge >= 0.3 is 6.09 Å². The van der Waals surface area contributed by atoms with Crippen molar-refractivity contribution in [3.05, 3.63) is 42.6 Å². The predicted molar refractivity (Wildman–Crippen MR) is 180 cm³/mol. The number of nitrogens with one attached hydrogen (secondary N) is 3. The van der Waals surface area contributed by atoms with Crippen LogP contribution in [0.5, 0.6) is 11.6 Å². The topological polar surface area (TPSA) is 203 Å². The number of carbonyl (C=O) groups is 4. The van der Waals surface area contributed by atoms with Gasteiger partial charge in [0.15, 0.2) is 0 Å². The van der Waals surface area contributed by atoms with E-state index in [4.69, 9.17) is 14.2 Å². The maximum absolute atomic E-state index is 14.3. The molecule has 0 radical (unpaired) electrons. The number of benzene rings is 1. The molecule has 0 unspecified atom stereocenters. The molecule has 2 saturated carbocycles. The van der Waals surface area contributed by atoms with Gasteiger partial charge in [-0.1, -0.05) is 37.3 Å². The van der Waals surface area contributed by atoms with Gasteiger partial charge in [-0.2, -0.15) is 0 Å². The number of fused-ring (bicyclic) bond motifs is 3. The molecule has 4 N–H and O–H groups in total. The smallest absolute Gasteiger partial charge is 0.405 e. The molecule has 2 aliphatic heterocycles. The molecule has 4 amide bonds. The van der Waals surface area contributed by atoms with Gasteiger partial charge in [0, 0.05) is 29.7 Å². The van der Waals surface area contributed by atoms with Crippen LogP contribution in [0.1, 0.15) is 58.8 Å². The quantitative estimate of drug-likeness (QED) is 0.292. The van der Waals surface area contributed by atoms with E-state index in [1.165, 1.54) is 18.2 Å². The number of hydrogen-bond acceptors (Lipinski definition) is 10. The lowest BCUT2D eigenvalue weighted by Gasteiger charge is -2.32. The molecule has 15 nitrogen and oxygen atoms in total. The third-order valence-corrected chi connectivity index (χ3v) is 12.4. The number of carboxylic acid groups (broad SMARTS) is 1.